The van der Waals surface area contributed by atoms with Gasteiger partial charge in [-0.15, -0.1) is 0 Å². The first kappa shape index (κ1) is 14.3. The van der Waals surface area contributed by atoms with Crippen LogP contribution in [-0.4, -0.2) is 20.3 Å². The van der Waals surface area contributed by atoms with E-state index in [1.54, 1.807) is 0 Å². The second-order valence-corrected chi connectivity index (χ2v) is 5.67. The third-order valence-electron chi connectivity index (χ3n) is 4.20. The van der Waals surface area contributed by atoms with Gasteiger partial charge in [0.15, 0.2) is 0 Å². The van der Waals surface area contributed by atoms with Gasteiger partial charge in [-0.25, -0.2) is 0 Å². The molecule has 2 nitrogen and oxygen atoms in total. The van der Waals surface area contributed by atoms with E-state index in [2.05, 4.69) is 54.7 Å². The van der Waals surface area contributed by atoms with Gasteiger partial charge in [0.2, 0.25) is 0 Å². The maximum Gasteiger partial charge on any atom is 0.0661 e. The molecule has 0 saturated heterocycles. The lowest BCUT2D eigenvalue weighted by Crippen LogP contribution is -2.22. The zero-order valence-electron chi connectivity index (χ0n) is 12.9. The number of likely N-dealkylation sites (N-methyl/N-ethyl adjacent to an activating group) is 1. The van der Waals surface area contributed by atoms with E-state index in [9.17, 15) is 0 Å². The summed E-state index contributed by atoms with van der Waals surface area (Å²) in [5.41, 5.74) is 6.97. The van der Waals surface area contributed by atoms with Crippen molar-refractivity contribution in [3.8, 4) is 11.1 Å². The molecule has 110 valence electrons. The Morgan fingerprint density at radius 2 is 1.90 bits per heavy atom. The van der Waals surface area contributed by atoms with Crippen molar-refractivity contribution in [2.24, 2.45) is 0 Å². The molecule has 1 atom stereocenters. The lowest BCUT2D eigenvalue weighted by Gasteiger charge is -2.18. The van der Waals surface area contributed by atoms with Crippen LogP contribution in [0.3, 0.4) is 0 Å². The standard InChI is InChI=1S/C19H23NO/c1-3-10-21-13-19(20-2)15-8-9-18-16(12-15)11-14-6-4-5-7-17(14)18/h4-9,12,19-20H,3,10-11,13H2,1-2H3. The maximum absolute atomic E-state index is 5.71. The largest absolute Gasteiger partial charge is 0.379 e. The zero-order chi connectivity index (χ0) is 14.7. The number of fused-ring (bicyclic) bond motifs is 3. The van der Waals surface area contributed by atoms with Gasteiger partial charge in [0.25, 0.3) is 0 Å². The maximum atomic E-state index is 5.71. The molecule has 2 aromatic rings. The monoisotopic (exact) mass is 281 g/mol. The summed E-state index contributed by atoms with van der Waals surface area (Å²) in [6.07, 6.45) is 2.11. The molecule has 1 unspecified atom stereocenters. The Kier molecular flexibility index (Phi) is 4.37. The van der Waals surface area contributed by atoms with E-state index in [1.165, 1.54) is 27.8 Å². The Morgan fingerprint density at radius 1 is 1.10 bits per heavy atom. The highest BCUT2D eigenvalue weighted by Crippen LogP contribution is 2.37. The second kappa shape index (κ2) is 6.42. The van der Waals surface area contributed by atoms with Crippen molar-refractivity contribution in [3.05, 3.63) is 59.2 Å². The van der Waals surface area contributed by atoms with Crippen molar-refractivity contribution in [2.75, 3.05) is 20.3 Å². The molecule has 0 saturated carbocycles. The molecule has 2 aromatic carbocycles. The summed E-state index contributed by atoms with van der Waals surface area (Å²) in [4.78, 5) is 0. The van der Waals surface area contributed by atoms with Gasteiger partial charge in [0, 0.05) is 6.61 Å². The van der Waals surface area contributed by atoms with Gasteiger partial charge >= 0.3 is 0 Å². The summed E-state index contributed by atoms with van der Waals surface area (Å²) < 4.78 is 5.71. The minimum atomic E-state index is 0.269. The Bertz CT molecular complexity index is 621. The van der Waals surface area contributed by atoms with E-state index in [4.69, 9.17) is 4.74 Å². The minimum absolute atomic E-state index is 0.269. The summed E-state index contributed by atoms with van der Waals surface area (Å²) in [5, 5.41) is 3.36. The van der Waals surface area contributed by atoms with Crippen LogP contribution in [0, 0.1) is 0 Å². The van der Waals surface area contributed by atoms with Gasteiger partial charge in [-0.1, -0.05) is 49.4 Å². The Hall–Kier alpha value is -1.64. The average Bonchev–Trinajstić information content (AvgIpc) is 2.89. The number of nitrogens with one attached hydrogen (secondary N) is 1. The first-order valence-electron chi connectivity index (χ1n) is 7.79. The quantitative estimate of drug-likeness (QED) is 0.691. The molecule has 1 aliphatic rings. The van der Waals surface area contributed by atoms with Gasteiger partial charge in [-0.05, 0) is 47.7 Å². The number of benzene rings is 2. The van der Waals surface area contributed by atoms with Crippen molar-refractivity contribution in [1.29, 1.82) is 0 Å². The van der Waals surface area contributed by atoms with Crippen LogP contribution in [0.25, 0.3) is 11.1 Å². The van der Waals surface area contributed by atoms with Crippen LogP contribution < -0.4 is 5.32 Å². The molecule has 0 bridgehead atoms. The van der Waals surface area contributed by atoms with Crippen molar-refractivity contribution >= 4 is 0 Å². The Morgan fingerprint density at radius 3 is 2.71 bits per heavy atom. The highest BCUT2D eigenvalue weighted by molar-refractivity contribution is 5.76. The van der Waals surface area contributed by atoms with E-state index in [1.807, 2.05) is 7.05 Å². The van der Waals surface area contributed by atoms with E-state index in [0.29, 0.717) is 0 Å². The predicted molar refractivity (Wildman–Crippen MR) is 87.6 cm³/mol. The van der Waals surface area contributed by atoms with E-state index in [-0.39, 0.29) is 6.04 Å². The zero-order valence-corrected chi connectivity index (χ0v) is 12.9. The Balaban J connectivity index is 1.82. The van der Waals surface area contributed by atoms with Crippen molar-refractivity contribution in [2.45, 2.75) is 25.8 Å². The van der Waals surface area contributed by atoms with E-state index >= 15 is 0 Å². The molecule has 0 fully saturated rings. The summed E-state index contributed by atoms with van der Waals surface area (Å²) >= 11 is 0. The molecule has 0 spiro atoms. The number of rotatable bonds is 6. The van der Waals surface area contributed by atoms with E-state index < -0.39 is 0 Å². The molecular formula is C19H23NO. The Labute approximate surface area is 127 Å². The van der Waals surface area contributed by atoms with Crippen LogP contribution in [0.5, 0.6) is 0 Å². The molecule has 0 aromatic heterocycles. The molecule has 0 aliphatic heterocycles. The molecule has 21 heavy (non-hydrogen) atoms. The van der Waals surface area contributed by atoms with Crippen LogP contribution >= 0.6 is 0 Å². The number of hydrogen-bond donors (Lipinski definition) is 1. The van der Waals surface area contributed by atoms with Gasteiger partial charge < -0.3 is 10.1 Å². The lowest BCUT2D eigenvalue weighted by atomic mass is 10.00. The minimum Gasteiger partial charge on any atom is -0.379 e. The first-order chi connectivity index (χ1) is 10.3. The van der Waals surface area contributed by atoms with Crippen LogP contribution in [0.2, 0.25) is 0 Å². The van der Waals surface area contributed by atoms with Crippen molar-refractivity contribution < 1.29 is 4.74 Å². The van der Waals surface area contributed by atoms with Crippen molar-refractivity contribution in [1.82, 2.24) is 5.32 Å². The fraction of sp³-hybridized carbons (Fsp3) is 0.368. The highest BCUT2D eigenvalue weighted by Gasteiger charge is 2.19. The fourth-order valence-corrected chi connectivity index (χ4v) is 3.07. The summed E-state index contributed by atoms with van der Waals surface area (Å²) in [6.45, 7) is 3.70. The summed E-state index contributed by atoms with van der Waals surface area (Å²) in [7, 11) is 2.00. The van der Waals surface area contributed by atoms with E-state index in [0.717, 1.165) is 26.1 Å². The van der Waals surface area contributed by atoms with Gasteiger partial charge in [-0.2, -0.15) is 0 Å². The van der Waals surface area contributed by atoms with Gasteiger partial charge in [-0.3, -0.25) is 0 Å². The smallest absolute Gasteiger partial charge is 0.0661 e. The van der Waals surface area contributed by atoms with Crippen LogP contribution in [0.15, 0.2) is 42.5 Å². The first-order valence-corrected chi connectivity index (χ1v) is 7.79. The van der Waals surface area contributed by atoms with Crippen LogP contribution in [-0.2, 0) is 11.2 Å². The molecule has 3 rings (SSSR count). The highest BCUT2D eigenvalue weighted by atomic mass is 16.5. The van der Waals surface area contributed by atoms with Crippen LogP contribution in [0.4, 0.5) is 0 Å². The second-order valence-electron chi connectivity index (χ2n) is 5.67. The molecule has 1 aliphatic carbocycles. The molecule has 0 amide bonds. The fourth-order valence-electron chi connectivity index (χ4n) is 3.07. The number of hydrogen-bond acceptors (Lipinski definition) is 2. The topological polar surface area (TPSA) is 21.3 Å². The molecule has 0 radical (unpaired) electrons. The molecular weight excluding hydrogens is 258 g/mol. The van der Waals surface area contributed by atoms with Crippen molar-refractivity contribution in [3.63, 3.8) is 0 Å². The molecule has 0 heterocycles. The van der Waals surface area contributed by atoms with Gasteiger partial charge in [0.05, 0.1) is 12.6 Å². The summed E-state index contributed by atoms with van der Waals surface area (Å²) in [5.74, 6) is 0. The molecule has 2 heteroatoms. The third kappa shape index (κ3) is 2.87. The molecule has 1 N–H and O–H groups in total. The van der Waals surface area contributed by atoms with Crippen LogP contribution in [0.1, 0.15) is 36.1 Å². The van der Waals surface area contributed by atoms with Gasteiger partial charge in [0.1, 0.15) is 0 Å². The predicted octanol–water partition coefficient (Wildman–Crippen LogP) is 3.94. The number of ether oxygens (including phenoxy) is 1. The lowest BCUT2D eigenvalue weighted by molar-refractivity contribution is 0.114. The SMILES string of the molecule is CCCOCC(NC)c1ccc2c(c1)Cc1ccccc1-2. The summed E-state index contributed by atoms with van der Waals surface area (Å²) in [6, 6.07) is 15.8. The normalized spacial score (nSPS) is 13.8. The third-order valence-corrected chi connectivity index (χ3v) is 4.20. The average molecular weight is 281 g/mol.